The van der Waals surface area contributed by atoms with Crippen LogP contribution in [0, 0.1) is 6.92 Å². The van der Waals surface area contributed by atoms with Gasteiger partial charge in [0.1, 0.15) is 5.75 Å². The average Bonchev–Trinajstić information content (AvgIpc) is 3.07. The molecule has 2 heterocycles. The second-order valence-corrected chi connectivity index (χ2v) is 11.0. The Hall–Kier alpha value is -3.79. The van der Waals surface area contributed by atoms with Crippen molar-refractivity contribution < 1.29 is 13.2 Å². The molecule has 0 atom stereocenters. The highest BCUT2D eigenvalue weighted by Crippen LogP contribution is 2.45. The van der Waals surface area contributed by atoms with Gasteiger partial charge in [0.15, 0.2) is 5.82 Å². The molecule has 0 radical (unpaired) electrons. The zero-order valence-corrected chi connectivity index (χ0v) is 21.2. The minimum atomic E-state index is -3.38. The monoisotopic (exact) mass is 506 g/mol. The lowest BCUT2D eigenvalue weighted by Gasteiger charge is -2.30. The molecule has 0 spiro atoms. The van der Waals surface area contributed by atoms with Crippen molar-refractivity contribution in [3.63, 3.8) is 0 Å². The Kier molecular flexibility index (Phi) is 6.21. The highest BCUT2D eigenvalue weighted by atomic mass is 32.2. The molecule has 2 aromatic heterocycles. The largest absolute Gasteiger partial charge is 0.436 e. The molecule has 1 fully saturated rings. The fraction of sp³-hybridized carbons (Fsp3) is 0.308. The molecule has 0 bridgehead atoms. The van der Waals surface area contributed by atoms with Gasteiger partial charge in [-0.05, 0) is 62.4 Å². The van der Waals surface area contributed by atoms with Crippen LogP contribution in [0.3, 0.4) is 0 Å². The van der Waals surface area contributed by atoms with Gasteiger partial charge in [-0.3, -0.25) is 4.72 Å². The quantitative estimate of drug-likeness (QED) is 0.297. The fourth-order valence-electron chi connectivity index (χ4n) is 4.64. The van der Waals surface area contributed by atoms with Gasteiger partial charge in [-0.2, -0.15) is 0 Å². The van der Waals surface area contributed by atoms with E-state index in [1.165, 1.54) is 12.4 Å². The number of fused-ring (bicyclic) bond motifs is 1. The molecule has 188 valence electrons. The van der Waals surface area contributed by atoms with Crippen LogP contribution in [-0.2, 0) is 10.0 Å². The van der Waals surface area contributed by atoms with E-state index >= 15 is 0 Å². The Labute approximate surface area is 210 Å². The molecule has 1 saturated carbocycles. The van der Waals surface area contributed by atoms with Crippen molar-refractivity contribution in [3.8, 4) is 22.9 Å². The minimum absolute atomic E-state index is 0.0850. The van der Waals surface area contributed by atoms with Crippen molar-refractivity contribution in [2.75, 3.05) is 21.9 Å². The lowest BCUT2D eigenvalue weighted by Crippen LogP contribution is -2.18. The van der Waals surface area contributed by atoms with Crippen LogP contribution in [0.25, 0.3) is 22.2 Å². The molecule has 1 aliphatic rings. The van der Waals surface area contributed by atoms with Gasteiger partial charge < -0.3 is 20.8 Å². The lowest BCUT2D eigenvalue weighted by molar-refractivity contribution is 0.324. The third kappa shape index (κ3) is 4.44. The van der Waals surface area contributed by atoms with Crippen LogP contribution in [0.4, 0.5) is 17.2 Å². The summed E-state index contributed by atoms with van der Waals surface area (Å²) in [5.74, 6) is 1.15. The van der Waals surface area contributed by atoms with Gasteiger partial charge in [-0.25, -0.2) is 18.4 Å². The minimum Gasteiger partial charge on any atom is -0.436 e. The van der Waals surface area contributed by atoms with E-state index in [1.807, 2.05) is 50.2 Å². The van der Waals surface area contributed by atoms with E-state index in [9.17, 15) is 8.42 Å². The second kappa shape index (κ2) is 9.34. The Morgan fingerprint density at radius 2 is 1.89 bits per heavy atom. The normalized spacial score (nSPS) is 14.1. The summed E-state index contributed by atoms with van der Waals surface area (Å²) >= 11 is 0. The van der Waals surface area contributed by atoms with Gasteiger partial charge in [0, 0.05) is 35.5 Å². The van der Waals surface area contributed by atoms with Crippen molar-refractivity contribution in [1.29, 1.82) is 0 Å². The molecule has 9 nitrogen and oxygen atoms in total. The number of nitrogen functional groups attached to an aromatic ring is 2. The van der Waals surface area contributed by atoms with Gasteiger partial charge in [-0.15, -0.1) is 0 Å². The number of aromatic nitrogens is 3. The smallest absolute Gasteiger partial charge is 0.262 e. The number of aryl methyl sites for hydroxylation is 1. The van der Waals surface area contributed by atoms with Gasteiger partial charge in [0.2, 0.25) is 10.0 Å². The molecule has 36 heavy (non-hydrogen) atoms. The molecule has 4 aromatic rings. The lowest BCUT2D eigenvalue weighted by atomic mass is 9.92. The van der Waals surface area contributed by atoms with Crippen LogP contribution in [0.2, 0.25) is 0 Å². The van der Waals surface area contributed by atoms with Crippen LogP contribution < -0.4 is 20.9 Å². The van der Waals surface area contributed by atoms with Crippen LogP contribution in [0.5, 0.6) is 11.6 Å². The van der Waals surface area contributed by atoms with E-state index in [4.69, 9.17) is 16.2 Å². The van der Waals surface area contributed by atoms with Crippen molar-refractivity contribution in [2.24, 2.45) is 0 Å². The van der Waals surface area contributed by atoms with Crippen molar-refractivity contribution in [2.45, 2.75) is 45.6 Å². The molecular formula is C26H30N6O3S. The molecule has 5 N–H and O–H groups in total. The zero-order valence-electron chi connectivity index (χ0n) is 20.4. The van der Waals surface area contributed by atoms with Crippen molar-refractivity contribution >= 4 is 38.1 Å². The second-order valence-electron chi connectivity index (χ2n) is 9.20. The van der Waals surface area contributed by atoms with Crippen LogP contribution in [0.15, 0.2) is 48.8 Å². The zero-order chi connectivity index (χ0) is 25.4. The molecule has 5 rings (SSSR count). The molecule has 0 saturated heterocycles. The first-order valence-electron chi connectivity index (χ1n) is 12.1. The third-order valence-corrected chi connectivity index (χ3v) is 8.08. The summed E-state index contributed by atoms with van der Waals surface area (Å²) in [7, 11) is -3.38. The Morgan fingerprint density at radius 1 is 1.11 bits per heavy atom. The van der Waals surface area contributed by atoms with Crippen molar-refractivity contribution in [1.82, 2.24) is 14.5 Å². The number of nitrogens with two attached hydrogens (primary N) is 2. The van der Waals surface area contributed by atoms with Crippen molar-refractivity contribution in [3.05, 3.63) is 54.4 Å². The molecule has 10 heteroatoms. The first kappa shape index (κ1) is 23.9. The topological polar surface area (TPSA) is 138 Å². The van der Waals surface area contributed by atoms with E-state index in [1.54, 1.807) is 0 Å². The number of benzene rings is 2. The first-order chi connectivity index (χ1) is 17.3. The Balaban J connectivity index is 1.58. The summed E-state index contributed by atoms with van der Waals surface area (Å²) < 4.78 is 35.5. The maximum absolute atomic E-state index is 12.3. The van der Waals surface area contributed by atoms with E-state index in [0.717, 1.165) is 47.0 Å². The predicted molar refractivity (Wildman–Crippen MR) is 144 cm³/mol. The summed E-state index contributed by atoms with van der Waals surface area (Å²) in [5.41, 5.74) is 17.6. The maximum atomic E-state index is 12.3. The summed E-state index contributed by atoms with van der Waals surface area (Å²) in [6.45, 7) is 3.74. The summed E-state index contributed by atoms with van der Waals surface area (Å²) in [4.78, 5) is 8.21. The Bertz CT molecular complexity index is 1540. The number of sulfonamides is 1. The average molecular weight is 507 g/mol. The SMILES string of the molecule is CCCS(=O)(=O)Nc1ccc(-c2c(N)c3ccc(Oc4nccnc4N)cc3n2C2CCC2)cc1C. The summed E-state index contributed by atoms with van der Waals surface area (Å²) in [6, 6.07) is 11.8. The fourth-order valence-corrected chi connectivity index (χ4v) is 5.84. The van der Waals surface area contributed by atoms with E-state index in [-0.39, 0.29) is 17.5 Å². The highest BCUT2D eigenvalue weighted by Gasteiger charge is 2.27. The predicted octanol–water partition coefficient (Wildman–Crippen LogP) is 5.24. The van der Waals surface area contributed by atoms with E-state index in [0.29, 0.717) is 29.6 Å². The first-order valence-corrected chi connectivity index (χ1v) is 13.7. The highest BCUT2D eigenvalue weighted by molar-refractivity contribution is 7.92. The molecular weight excluding hydrogens is 476 g/mol. The van der Waals surface area contributed by atoms with Gasteiger partial charge in [0.05, 0.1) is 28.3 Å². The van der Waals surface area contributed by atoms with Crippen LogP contribution >= 0.6 is 0 Å². The number of ether oxygens (including phenoxy) is 1. The van der Waals surface area contributed by atoms with Crippen LogP contribution in [-0.4, -0.2) is 28.7 Å². The summed E-state index contributed by atoms with van der Waals surface area (Å²) in [6.07, 6.45) is 6.89. The Morgan fingerprint density at radius 3 is 2.56 bits per heavy atom. The van der Waals surface area contributed by atoms with Gasteiger partial charge in [0.25, 0.3) is 5.88 Å². The van der Waals surface area contributed by atoms with Gasteiger partial charge in [-0.1, -0.05) is 13.0 Å². The number of nitrogens with one attached hydrogen (secondary N) is 1. The molecule has 1 aliphatic carbocycles. The molecule has 2 aromatic carbocycles. The molecule has 0 aliphatic heterocycles. The number of hydrogen-bond donors (Lipinski definition) is 3. The third-order valence-electron chi connectivity index (χ3n) is 6.60. The standard InChI is InChI=1S/C26H30N6O3S/c1-3-13-36(33,34)31-21-10-7-17(14-16(21)2)24-23(27)20-9-8-19(35-26-25(28)29-11-12-30-26)15-22(20)32(24)18-5-4-6-18/h7-12,14-15,18,31H,3-6,13,27H2,1-2H3,(H2,28,29). The van der Waals surface area contributed by atoms with E-state index in [2.05, 4.69) is 19.3 Å². The number of anilines is 3. The molecule has 0 amide bonds. The maximum Gasteiger partial charge on any atom is 0.262 e. The van der Waals surface area contributed by atoms with E-state index < -0.39 is 10.0 Å². The molecule has 0 unspecified atom stereocenters. The van der Waals surface area contributed by atoms with Gasteiger partial charge >= 0.3 is 0 Å². The van der Waals surface area contributed by atoms with Crippen LogP contribution in [0.1, 0.15) is 44.2 Å². The number of hydrogen-bond acceptors (Lipinski definition) is 7. The number of nitrogens with zero attached hydrogens (tertiary/aromatic N) is 3. The summed E-state index contributed by atoms with van der Waals surface area (Å²) in [5, 5.41) is 0.932. The number of rotatable bonds is 8.